The van der Waals surface area contributed by atoms with Gasteiger partial charge in [-0.1, -0.05) is 23.2 Å². The van der Waals surface area contributed by atoms with Gasteiger partial charge in [0.05, 0.1) is 10.0 Å². The zero-order valence-corrected chi connectivity index (χ0v) is 11.5. The average molecular weight is 287 g/mol. The number of nitrogens with one attached hydrogen (secondary N) is 2. The van der Waals surface area contributed by atoms with Crippen LogP contribution in [-0.2, 0) is 4.79 Å². The molecule has 0 spiro atoms. The third-order valence-electron chi connectivity index (χ3n) is 3.15. The normalized spacial score (nSPS) is 18.9. The molecule has 0 saturated carbocycles. The zero-order chi connectivity index (χ0) is 13.0. The molecule has 0 radical (unpaired) electrons. The first-order valence-electron chi connectivity index (χ1n) is 6.11. The van der Waals surface area contributed by atoms with Crippen molar-refractivity contribution in [2.45, 2.75) is 19.3 Å². The Bertz CT molecular complexity index is 431. The van der Waals surface area contributed by atoms with Crippen molar-refractivity contribution in [2.75, 3.05) is 18.4 Å². The van der Waals surface area contributed by atoms with Crippen molar-refractivity contribution >= 4 is 34.8 Å². The van der Waals surface area contributed by atoms with Crippen molar-refractivity contribution in [1.29, 1.82) is 0 Å². The summed E-state index contributed by atoms with van der Waals surface area (Å²) in [6.45, 7) is 2.10. The summed E-state index contributed by atoms with van der Waals surface area (Å²) in [5.74, 6) is 0.657. The van der Waals surface area contributed by atoms with E-state index in [0.29, 0.717) is 28.1 Å². The Morgan fingerprint density at radius 2 is 2.22 bits per heavy atom. The third-order valence-corrected chi connectivity index (χ3v) is 3.88. The van der Waals surface area contributed by atoms with E-state index in [4.69, 9.17) is 23.2 Å². The first kappa shape index (κ1) is 13.7. The van der Waals surface area contributed by atoms with Crippen molar-refractivity contribution < 1.29 is 4.79 Å². The molecule has 1 amide bonds. The van der Waals surface area contributed by atoms with E-state index in [0.717, 1.165) is 19.5 Å². The van der Waals surface area contributed by atoms with Gasteiger partial charge in [0.1, 0.15) is 0 Å². The highest BCUT2D eigenvalue weighted by Gasteiger charge is 2.15. The van der Waals surface area contributed by atoms with Crippen molar-refractivity contribution in [3.05, 3.63) is 28.2 Å². The fraction of sp³-hybridized carbons (Fsp3) is 0.462. The van der Waals surface area contributed by atoms with Crippen LogP contribution in [0.4, 0.5) is 5.69 Å². The summed E-state index contributed by atoms with van der Waals surface area (Å²) in [7, 11) is 0. The van der Waals surface area contributed by atoms with Crippen LogP contribution in [0.25, 0.3) is 0 Å². The molecule has 2 rings (SSSR count). The van der Waals surface area contributed by atoms with E-state index in [1.807, 2.05) is 0 Å². The number of rotatable bonds is 4. The Morgan fingerprint density at radius 1 is 1.39 bits per heavy atom. The van der Waals surface area contributed by atoms with Gasteiger partial charge in [-0.05, 0) is 50.0 Å². The zero-order valence-electron chi connectivity index (χ0n) is 10.0. The third kappa shape index (κ3) is 3.87. The summed E-state index contributed by atoms with van der Waals surface area (Å²) in [5.41, 5.74) is 0.693. The maximum atomic E-state index is 11.8. The van der Waals surface area contributed by atoms with Crippen LogP contribution in [0.3, 0.4) is 0 Å². The molecule has 0 bridgehead atoms. The lowest BCUT2D eigenvalue weighted by molar-refractivity contribution is -0.116. The maximum Gasteiger partial charge on any atom is 0.224 e. The Hall–Kier alpha value is -0.770. The number of halogens is 2. The topological polar surface area (TPSA) is 41.1 Å². The van der Waals surface area contributed by atoms with E-state index in [2.05, 4.69) is 10.6 Å². The number of carbonyl (C=O) groups excluding carboxylic acids is 1. The lowest BCUT2D eigenvalue weighted by Gasteiger charge is -2.09. The highest BCUT2D eigenvalue weighted by atomic mass is 35.5. The van der Waals surface area contributed by atoms with Gasteiger partial charge < -0.3 is 10.6 Å². The molecule has 1 atom stereocenters. The quantitative estimate of drug-likeness (QED) is 0.892. The molecule has 2 N–H and O–H groups in total. The van der Waals surface area contributed by atoms with Gasteiger partial charge in [0, 0.05) is 12.1 Å². The van der Waals surface area contributed by atoms with E-state index in [-0.39, 0.29) is 5.91 Å². The molecular weight excluding hydrogens is 271 g/mol. The van der Waals surface area contributed by atoms with Crippen molar-refractivity contribution in [3.63, 3.8) is 0 Å². The summed E-state index contributed by atoms with van der Waals surface area (Å²) in [6, 6.07) is 5.10. The molecule has 98 valence electrons. The van der Waals surface area contributed by atoms with E-state index >= 15 is 0 Å². The van der Waals surface area contributed by atoms with Crippen molar-refractivity contribution in [2.24, 2.45) is 5.92 Å². The van der Waals surface area contributed by atoms with Crippen molar-refractivity contribution in [1.82, 2.24) is 5.32 Å². The summed E-state index contributed by atoms with van der Waals surface area (Å²) in [5, 5.41) is 7.07. The standard InChI is InChI=1S/C13H16Cl2N2O/c14-11-3-2-10(7-12(11)15)17-13(18)4-1-9-5-6-16-8-9/h2-3,7,9,16H,1,4-6,8H2,(H,17,18). The Morgan fingerprint density at radius 3 is 2.89 bits per heavy atom. The molecule has 1 aliphatic rings. The fourth-order valence-corrected chi connectivity index (χ4v) is 2.39. The number of anilines is 1. The number of hydrogen-bond donors (Lipinski definition) is 2. The van der Waals surface area contributed by atoms with Crippen LogP contribution in [-0.4, -0.2) is 19.0 Å². The summed E-state index contributed by atoms with van der Waals surface area (Å²) < 4.78 is 0. The van der Waals surface area contributed by atoms with E-state index in [1.54, 1.807) is 18.2 Å². The molecule has 1 aromatic rings. The van der Waals surface area contributed by atoms with Crippen LogP contribution in [0.5, 0.6) is 0 Å². The first-order chi connectivity index (χ1) is 8.65. The lowest BCUT2D eigenvalue weighted by atomic mass is 10.0. The second kappa shape index (κ2) is 6.41. The van der Waals surface area contributed by atoms with Gasteiger partial charge in [-0.15, -0.1) is 0 Å². The molecule has 5 heteroatoms. The van der Waals surface area contributed by atoms with Crippen LogP contribution in [0.15, 0.2) is 18.2 Å². The fourth-order valence-electron chi connectivity index (χ4n) is 2.09. The first-order valence-corrected chi connectivity index (χ1v) is 6.86. The minimum Gasteiger partial charge on any atom is -0.326 e. The molecular formula is C13H16Cl2N2O. The van der Waals surface area contributed by atoms with Gasteiger partial charge in [0.15, 0.2) is 0 Å². The molecule has 0 aromatic heterocycles. The van der Waals surface area contributed by atoms with Crippen LogP contribution >= 0.6 is 23.2 Å². The number of carbonyl (C=O) groups is 1. The van der Waals surface area contributed by atoms with Gasteiger partial charge >= 0.3 is 0 Å². The highest BCUT2D eigenvalue weighted by Crippen LogP contribution is 2.25. The summed E-state index contributed by atoms with van der Waals surface area (Å²) >= 11 is 11.7. The van der Waals surface area contributed by atoms with Crippen LogP contribution in [0.1, 0.15) is 19.3 Å². The number of amides is 1. The Labute approximate surface area is 117 Å². The maximum absolute atomic E-state index is 11.8. The average Bonchev–Trinajstić information content (AvgIpc) is 2.84. The van der Waals surface area contributed by atoms with Gasteiger partial charge in [-0.2, -0.15) is 0 Å². The lowest BCUT2D eigenvalue weighted by Crippen LogP contribution is -2.14. The number of benzene rings is 1. The molecule has 1 aliphatic heterocycles. The molecule has 1 heterocycles. The monoisotopic (exact) mass is 286 g/mol. The Balaban J connectivity index is 1.80. The second-order valence-electron chi connectivity index (χ2n) is 4.57. The minimum atomic E-state index is 0.0280. The molecule has 3 nitrogen and oxygen atoms in total. The smallest absolute Gasteiger partial charge is 0.224 e. The summed E-state index contributed by atoms with van der Waals surface area (Å²) in [6.07, 6.45) is 2.65. The highest BCUT2D eigenvalue weighted by molar-refractivity contribution is 6.42. The molecule has 1 unspecified atom stereocenters. The van der Waals surface area contributed by atoms with Gasteiger partial charge in [0.25, 0.3) is 0 Å². The van der Waals surface area contributed by atoms with E-state index in [9.17, 15) is 4.79 Å². The molecule has 1 aromatic carbocycles. The molecule has 18 heavy (non-hydrogen) atoms. The van der Waals surface area contributed by atoms with Crippen molar-refractivity contribution in [3.8, 4) is 0 Å². The minimum absolute atomic E-state index is 0.0280. The molecule has 0 aliphatic carbocycles. The van der Waals surface area contributed by atoms with Crippen LogP contribution in [0.2, 0.25) is 10.0 Å². The molecule has 1 fully saturated rings. The van der Waals surface area contributed by atoms with Crippen LogP contribution < -0.4 is 10.6 Å². The van der Waals surface area contributed by atoms with E-state index < -0.39 is 0 Å². The largest absolute Gasteiger partial charge is 0.326 e. The predicted molar refractivity (Wildman–Crippen MR) is 75.3 cm³/mol. The Kier molecular flexibility index (Phi) is 4.87. The van der Waals surface area contributed by atoms with E-state index in [1.165, 1.54) is 6.42 Å². The van der Waals surface area contributed by atoms with Gasteiger partial charge in [0.2, 0.25) is 5.91 Å². The van der Waals surface area contributed by atoms with Gasteiger partial charge in [-0.3, -0.25) is 4.79 Å². The molecule has 1 saturated heterocycles. The SMILES string of the molecule is O=C(CCC1CCNC1)Nc1ccc(Cl)c(Cl)c1. The second-order valence-corrected chi connectivity index (χ2v) is 5.39. The predicted octanol–water partition coefficient (Wildman–Crippen LogP) is 3.32. The number of hydrogen-bond acceptors (Lipinski definition) is 2. The van der Waals surface area contributed by atoms with Gasteiger partial charge in [-0.25, -0.2) is 0 Å². The van der Waals surface area contributed by atoms with Crippen LogP contribution in [0, 0.1) is 5.92 Å². The summed E-state index contributed by atoms with van der Waals surface area (Å²) in [4.78, 5) is 11.8.